The summed E-state index contributed by atoms with van der Waals surface area (Å²) in [5.74, 6) is 1.42. The lowest BCUT2D eigenvalue weighted by molar-refractivity contribution is 0.306. The second kappa shape index (κ2) is 7.79. The summed E-state index contributed by atoms with van der Waals surface area (Å²) in [6.07, 6.45) is 5.67. The SMILES string of the molecule is Cc1ccc(COc2ccc(C3C=C(c4cccnc4)Nc4nnnn43)cc2)cc1. The number of fused-ring (bicyclic) bond motifs is 1. The van der Waals surface area contributed by atoms with Gasteiger partial charge in [0.25, 0.3) is 0 Å². The van der Waals surface area contributed by atoms with Crippen molar-refractivity contribution in [3.8, 4) is 5.75 Å². The fraction of sp³-hybridized carbons (Fsp3) is 0.130. The third kappa shape index (κ3) is 3.65. The first kappa shape index (κ1) is 18.1. The van der Waals surface area contributed by atoms with Gasteiger partial charge in [-0.1, -0.05) is 47.1 Å². The highest BCUT2D eigenvalue weighted by atomic mass is 16.5. The summed E-state index contributed by atoms with van der Waals surface area (Å²) in [5, 5.41) is 15.3. The van der Waals surface area contributed by atoms with Gasteiger partial charge in [-0.25, -0.2) is 0 Å². The number of nitrogens with one attached hydrogen (secondary N) is 1. The zero-order valence-corrected chi connectivity index (χ0v) is 16.4. The predicted octanol–water partition coefficient (Wildman–Crippen LogP) is 4.01. The molecule has 0 saturated carbocycles. The van der Waals surface area contributed by atoms with Gasteiger partial charge in [-0.15, -0.1) is 0 Å². The van der Waals surface area contributed by atoms with E-state index in [-0.39, 0.29) is 6.04 Å². The fourth-order valence-corrected chi connectivity index (χ4v) is 3.39. The predicted molar refractivity (Wildman–Crippen MR) is 114 cm³/mol. The molecule has 1 unspecified atom stereocenters. The summed E-state index contributed by atoms with van der Waals surface area (Å²) in [7, 11) is 0. The minimum Gasteiger partial charge on any atom is -0.489 e. The van der Waals surface area contributed by atoms with Gasteiger partial charge < -0.3 is 10.1 Å². The molecule has 5 rings (SSSR count). The Balaban J connectivity index is 1.37. The van der Waals surface area contributed by atoms with Crippen LogP contribution < -0.4 is 10.1 Å². The topological polar surface area (TPSA) is 77.8 Å². The van der Waals surface area contributed by atoms with Crippen molar-refractivity contribution in [2.24, 2.45) is 0 Å². The van der Waals surface area contributed by atoms with Crippen LogP contribution in [0.2, 0.25) is 0 Å². The van der Waals surface area contributed by atoms with Gasteiger partial charge in [0.2, 0.25) is 5.95 Å². The van der Waals surface area contributed by atoms with Crippen molar-refractivity contribution in [3.05, 3.63) is 101 Å². The van der Waals surface area contributed by atoms with Gasteiger partial charge >= 0.3 is 0 Å². The van der Waals surface area contributed by atoms with Crippen LogP contribution in [0.1, 0.15) is 28.3 Å². The van der Waals surface area contributed by atoms with E-state index in [2.05, 4.69) is 63.1 Å². The summed E-state index contributed by atoms with van der Waals surface area (Å²) in [6, 6.07) is 20.2. The van der Waals surface area contributed by atoms with Crippen LogP contribution in [0.5, 0.6) is 5.75 Å². The minimum absolute atomic E-state index is 0.127. The van der Waals surface area contributed by atoms with Gasteiger partial charge in [0.15, 0.2) is 0 Å². The monoisotopic (exact) mass is 396 g/mol. The van der Waals surface area contributed by atoms with Gasteiger partial charge in [-0.2, -0.15) is 4.68 Å². The number of nitrogens with zero attached hydrogens (tertiary/aromatic N) is 5. The summed E-state index contributed by atoms with van der Waals surface area (Å²) in [4.78, 5) is 4.21. The molecule has 0 bridgehead atoms. The molecular weight excluding hydrogens is 376 g/mol. The highest BCUT2D eigenvalue weighted by Crippen LogP contribution is 2.32. The number of hydrogen-bond acceptors (Lipinski definition) is 6. The Labute approximate surface area is 174 Å². The highest BCUT2D eigenvalue weighted by molar-refractivity contribution is 5.76. The van der Waals surface area contributed by atoms with E-state index in [1.165, 1.54) is 5.56 Å². The number of ether oxygens (including phenoxy) is 1. The maximum Gasteiger partial charge on any atom is 0.248 e. The van der Waals surface area contributed by atoms with E-state index in [1.807, 2.05) is 42.6 Å². The third-order valence-corrected chi connectivity index (χ3v) is 5.05. The molecule has 1 N–H and O–H groups in total. The Morgan fingerprint density at radius 2 is 1.87 bits per heavy atom. The first-order chi connectivity index (χ1) is 14.8. The van der Waals surface area contributed by atoms with E-state index in [9.17, 15) is 0 Å². The van der Waals surface area contributed by atoms with Crippen molar-refractivity contribution < 1.29 is 4.74 Å². The molecule has 2 aromatic carbocycles. The molecule has 0 amide bonds. The molecule has 4 aromatic rings. The second-order valence-corrected chi connectivity index (χ2v) is 7.18. The Morgan fingerprint density at radius 3 is 2.63 bits per heavy atom. The van der Waals surface area contributed by atoms with Crippen LogP contribution >= 0.6 is 0 Å². The smallest absolute Gasteiger partial charge is 0.248 e. The van der Waals surface area contributed by atoms with E-state index in [1.54, 1.807) is 10.9 Å². The molecule has 0 aliphatic carbocycles. The molecule has 7 heteroatoms. The molecule has 0 spiro atoms. The average molecular weight is 396 g/mol. The second-order valence-electron chi connectivity index (χ2n) is 7.18. The maximum atomic E-state index is 5.94. The lowest BCUT2D eigenvalue weighted by Gasteiger charge is -2.23. The number of benzene rings is 2. The van der Waals surface area contributed by atoms with Crippen molar-refractivity contribution in [1.82, 2.24) is 25.2 Å². The van der Waals surface area contributed by atoms with E-state index >= 15 is 0 Å². The molecule has 2 aromatic heterocycles. The maximum absolute atomic E-state index is 5.94. The first-order valence-electron chi connectivity index (χ1n) is 9.72. The van der Waals surface area contributed by atoms with E-state index in [0.717, 1.165) is 28.1 Å². The molecule has 0 radical (unpaired) electrons. The van der Waals surface area contributed by atoms with Crippen molar-refractivity contribution in [2.75, 3.05) is 5.32 Å². The largest absolute Gasteiger partial charge is 0.489 e. The fourth-order valence-electron chi connectivity index (χ4n) is 3.39. The Morgan fingerprint density at radius 1 is 1.03 bits per heavy atom. The average Bonchev–Trinajstić information content (AvgIpc) is 3.28. The molecule has 30 heavy (non-hydrogen) atoms. The number of anilines is 1. The van der Waals surface area contributed by atoms with Crippen LogP contribution in [0.15, 0.2) is 79.1 Å². The van der Waals surface area contributed by atoms with Gasteiger partial charge in [0.1, 0.15) is 18.4 Å². The van der Waals surface area contributed by atoms with Crippen molar-refractivity contribution in [3.63, 3.8) is 0 Å². The van der Waals surface area contributed by atoms with Crippen LogP contribution in [-0.2, 0) is 6.61 Å². The Hall–Kier alpha value is -4.00. The van der Waals surface area contributed by atoms with E-state index in [0.29, 0.717) is 12.6 Å². The molecular formula is C23H20N6O. The number of tetrazole rings is 1. The van der Waals surface area contributed by atoms with Crippen molar-refractivity contribution in [1.29, 1.82) is 0 Å². The minimum atomic E-state index is -0.127. The van der Waals surface area contributed by atoms with E-state index < -0.39 is 0 Å². The Kier molecular flexibility index (Phi) is 4.69. The summed E-state index contributed by atoms with van der Waals surface area (Å²) < 4.78 is 7.70. The standard InChI is InChI=1S/C23H20N6O/c1-16-4-6-17(7-5-16)15-30-20-10-8-18(9-11-20)22-13-21(19-3-2-12-24-14-19)25-23-26-27-28-29(22)23/h2-14,22H,15H2,1H3,(H,25,26,28). The van der Waals surface area contributed by atoms with Gasteiger partial charge in [0.05, 0.1) is 0 Å². The number of pyridine rings is 1. The van der Waals surface area contributed by atoms with Crippen LogP contribution in [0.3, 0.4) is 0 Å². The molecule has 148 valence electrons. The van der Waals surface area contributed by atoms with Gasteiger partial charge in [-0.05, 0) is 58.8 Å². The number of rotatable bonds is 5. The van der Waals surface area contributed by atoms with Crippen LogP contribution in [0, 0.1) is 6.92 Å². The number of aryl methyl sites for hydroxylation is 1. The quantitative estimate of drug-likeness (QED) is 0.549. The van der Waals surface area contributed by atoms with Crippen LogP contribution in [-0.4, -0.2) is 25.2 Å². The zero-order chi connectivity index (χ0) is 20.3. The summed E-state index contributed by atoms with van der Waals surface area (Å²) >= 11 is 0. The van der Waals surface area contributed by atoms with Crippen LogP contribution in [0.25, 0.3) is 5.70 Å². The zero-order valence-electron chi connectivity index (χ0n) is 16.4. The number of hydrogen-bond donors (Lipinski definition) is 1. The number of aromatic nitrogens is 5. The van der Waals surface area contributed by atoms with E-state index in [4.69, 9.17) is 4.74 Å². The lowest BCUT2D eigenvalue weighted by atomic mass is 10.0. The number of allylic oxidation sites excluding steroid dienone is 1. The molecule has 3 heterocycles. The highest BCUT2D eigenvalue weighted by Gasteiger charge is 2.24. The normalized spacial score (nSPS) is 15.1. The third-order valence-electron chi connectivity index (χ3n) is 5.05. The lowest BCUT2D eigenvalue weighted by Crippen LogP contribution is -2.20. The molecule has 1 aliphatic heterocycles. The molecule has 1 aliphatic rings. The van der Waals surface area contributed by atoms with Gasteiger partial charge in [0, 0.05) is 23.7 Å². The molecule has 0 fully saturated rings. The molecule has 0 saturated heterocycles. The summed E-state index contributed by atoms with van der Waals surface area (Å²) in [6.45, 7) is 2.61. The van der Waals surface area contributed by atoms with Crippen molar-refractivity contribution >= 4 is 11.6 Å². The van der Waals surface area contributed by atoms with Crippen molar-refractivity contribution in [2.45, 2.75) is 19.6 Å². The Bertz CT molecular complexity index is 1170. The first-order valence-corrected chi connectivity index (χ1v) is 9.72. The van der Waals surface area contributed by atoms with Crippen LogP contribution in [0.4, 0.5) is 5.95 Å². The molecule has 1 atom stereocenters. The molecule has 7 nitrogen and oxygen atoms in total. The van der Waals surface area contributed by atoms with Gasteiger partial charge in [-0.3, -0.25) is 4.98 Å². The summed E-state index contributed by atoms with van der Waals surface area (Å²) in [5.41, 5.74) is 5.36.